The minimum absolute atomic E-state index is 0.0569. The summed E-state index contributed by atoms with van der Waals surface area (Å²) >= 11 is 1.52. The lowest BCUT2D eigenvalue weighted by Gasteiger charge is -2.24. The molecule has 0 spiro atoms. The molecule has 2 N–H and O–H groups in total. The van der Waals surface area contributed by atoms with Crippen LogP contribution in [0.2, 0.25) is 0 Å². The average molecular weight is 370 g/mol. The van der Waals surface area contributed by atoms with Crippen LogP contribution in [0.3, 0.4) is 0 Å². The Kier molecular flexibility index (Phi) is 3.98. The Morgan fingerprint density at radius 2 is 1.88 bits per heavy atom. The van der Waals surface area contributed by atoms with E-state index < -0.39 is 12.5 Å². The molecule has 0 fully saturated rings. The zero-order chi connectivity index (χ0) is 18.3. The van der Waals surface area contributed by atoms with Crippen LogP contribution in [0.5, 0.6) is 11.5 Å². The van der Waals surface area contributed by atoms with E-state index in [0.717, 1.165) is 20.5 Å². The Labute approximate surface area is 151 Å². The molecule has 0 unspecified atom stereocenters. The summed E-state index contributed by atoms with van der Waals surface area (Å²) in [4.78, 5) is 0.861. The highest BCUT2D eigenvalue weighted by Gasteiger charge is 2.33. The molecule has 2 aromatic carbocycles. The van der Waals surface area contributed by atoms with Gasteiger partial charge in [0.2, 0.25) is 5.88 Å². The molecule has 4 rings (SSSR count). The van der Waals surface area contributed by atoms with Crippen molar-refractivity contribution in [2.24, 2.45) is 5.73 Å². The van der Waals surface area contributed by atoms with E-state index in [1.807, 2.05) is 24.3 Å². The van der Waals surface area contributed by atoms with E-state index in [9.17, 15) is 14.0 Å². The van der Waals surface area contributed by atoms with Gasteiger partial charge in [-0.25, -0.2) is 0 Å². The van der Waals surface area contributed by atoms with Gasteiger partial charge in [0.1, 0.15) is 17.4 Å². The average Bonchev–Trinajstić information content (AvgIpc) is 2.99. The molecule has 130 valence electrons. The van der Waals surface area contributed by atoms with Crippen LogP contribution in [-0.4, -0.2) is 6.61 Å². The number of nitrogens with two attached hydrogens (primary N) is 1. The van der Waals surface area contributed by atoms with Crippen molar-refractivity contribution >= 4 is 21.4 Å². The van der Waals surface area contributed by atoms with E-state index in [2.05, 4.69) is 10.8 Å². The van der Waals surface area contributed by atoms with Gasteiger partial charge in [-0.15, -0.1) is 11.3 Å². The van der Waals surface area contributed by atoms with Gasteiger partial charge < -0.3 is 15.2 Å². The largest absolute Gasteiger partial charge is 0.439 e. The molecule has 0 amide bonds. The van der Waals surface area contributed by atoms with Crippen LogP contribution < -0.4 is 15.2 Å². The van der Waals surface area contributed by atoms with Gasteiger partial charge in [-0.2, -0.15) is 14.0 Å². The molecule has 2 heterocycles. The fourth-order valence-corrected chi connectivity index (χ4v) is 4.32. The Bertz CT molecular complexity index is 1050. The highest BCUT2D eigenvalue weighted by Crippen LogP contribution is 2.50. The molecule has 1 aromatic heterocycles. The standard InChI is InChI=1S/C19H12F2N2O2S/c20-19(21)24-11-7-5-10(6-8-11)15-13(9-22)18(23)25-16-12-3-1-2-4-14(12)26-17(15)16/h1-8,15,19H,23H2/t15-/m1/s1. The van der Waals surface area contributed by atoms with Crippen molar-refractivity contribution in [2.45, 2.75) is 12.5 Å². The highest BCUT2D eigenvalue weighted by atomic mass is 32.1. The molecule has 0 saturated heterocycles. The minimum Gasteiger partial charge on any atom is -0.439 e. The zero-order valence-corrected chi connectivity index (χ0v) is 14.1. The number of ether oxygens (including phenoxy) is 2. The quantitative estimate of drug-likeness (QED) is 0.724. The van der Waals surface area contributed by atoms with Gasteiger partial charge in [0.25, 0.3) is 0 Å². The lowest BCUT2D eigenvalue weighted by Crippen LogP contribution is -2.19. The maximum atomic E-state index is 12.4. The smallest absolute Gasteiger partial charge is 0.387 e. The SMILES string of the molecule is N#CC1=C(N)Oc2c(sc3ccccc23)[C@@H]1c1ccc(OC(F)F)cc1. The van der Waals surface area contributed by atoms with E-state index >= 15 is 0 Å². The summed E-state index contributed by atoms with van der Waals surface area (Å²) < 4.78 is 35.9. The maximum absolute atomic E-state index is 12.4. The first kappa shape index (κ1) is 16.4. The van der Waals surface area contributed by atoms with Crippen LogP contribution in [0.15, 0.2) is 60.0 Å². The Balaban J connectivity index is 1.85. The molecule has 0 aliphatic carbocycles. The second kappa shape index (κ2) is 6.32. The van der Waals surface area contributed by atoms with Crippen molar-refractivity contribution < 1.29 is 18.3 Å². The number of benzene rings is 2. The number of nitriles is 1. The topological polar surface area (TPSA) is 68.3 Å². The predicted octanol–water partition coefficient (Wildman–Crippen LogP) is 4.72. The van der Waals surface area contributed by atoms with Gasteiger partial charge in [-0.05, 0) is 29.8 Å². The van der Waals surface area contributed by atoms with E-state index in [-0.39, 0.29) is 11.6 Å². The molecule has 1 atom stereocenters. The zero-order valence-electron chi connectivity index (χ0n) is 13.3. The van der Waals surface area contributed by atoms with Crippen molar-refractivity contribution in [3.63, 3.8) is 0 Å². The number of alkyl halides is 2. The van der Waals surface area contributed by atoms with Gasteiger partial charge in [0.15, 0.2) is 5.75 Å². The first-order valence-electron chi connectivity index (χ1n) is 7.72. The number of thiophene rings is 1. The summed E-state index contributed by atoms with van der Waals surface area (Å²) in [6.45, 7) is -2.89. The second-order valence-corrected chi connectivity index (χ2v) is 6.75. The van der Waals surface area contributed by atoms with Crippen molar-refractivity contribution in [1.82, 2.24) is 0 Å². The van der Waals surface area contributed by atoms with Crippen LogP contribution in [-0.2, 0) is 0 Å². The molecule has 26 heavy (non-hydrogen) atoms. The predicted molar refractivity (Wildman–Crippen MR) is 94.2 cm³/mol. The minimum atomic E-state index is -2.89. The highest BCUT2D eigenvalue weighted by molar-refractivity contribution is 7.19. The monoisotopic (exact) mass is 370 g/mol. The van der Waals surface area contributed by atoms with Crippen LogP contribution in [0, 0.1) is 11.3 Å². The lowest BCUT2D eigenvalue weighted by atomic mass is 9.88. The number of rotatable bonds is 3. The number of hydrogen-bond acceptors (Lipinski definition) is 5. The van der Waals surface area contributed by atoms with Gasteiger partial charge in [0, 0.05) is 10.1 Å². The van der Waals surface area contributed by atoms with Crippen LogP contribution in [0.4, 0.5) is 8.78 Å². The van der Waals surface area contributed by atoms with E-state index in [1.165, 1.54) is 23.5 Å². The van der Waals surface area contributed by atoms with Crippen molar-refractivity contribution in [3.8, 4) is 17.6 Å². The van der Waals surface area contributed by atoms with Crippen LogP contribution in [0.25, 0.3) is 10.1 Å². The van der Waals surface area contributed by atoms with E-state index in [4.69, 9.17) is 10.5 Å². The third kappa shape index (κ3) is 2.65. The van der Waals surface area contributed by atoms with Crippen molar-refractivity contribution in [3.05, 3.63) is 70.4 Å². The molecule has 0 radical (unpaired) electrons. The third-order valence-electron chi connectivity index (χ3n) is 4.16. The molecule has 7 heteroatoms. The Hall–Kier alpha value is -3.11. The van der Waals surface area contributed by atoms with Crippen LogP contribution >= 0.6 is 11.3 Å². The number of halogens is 2. The number of nitrogens with zero attached hydrogens (tertiary/aromatic N) is 1. The molecule has 0 bridgehead atoms. The third-order valence-corrected chi connectivity index (χ3v) is 5.38. The first-order valence-corrected chi connectivity index (χ1v) is 8.54. The van der Waals surface area contributed by atoms with Gasteiger partial charge in [-0.3, -0.25) is 0 Å². The summed E-state index contributed by atoms with van der Waals surface area (Å²) in [5.41, 5.74) is 7.04. The van der Waals surface area contributed by atoms with Crippen molar-refractivity contribution in [1.29, 1.82) is 5.26 Å². The number of allylic oxidation sites excluding steroid dienone is 1. The molecule has 0 saturated carbocycles. The molecule has 4 nitrogen and oxygen atoms in total. The van der Waals surface area contributed by atoms with E-state index in [1.54, 1.807) is 12.1 Å². The second-order valence-electron chi connectivity index (χ2n) is 5.66. The van der Waals surface area contributed by atoms with Gasteiger partial charge in [-0.1, -0.05) is 24.3 Å². The first-order chi connectivity index (χ1) is 12.6. The lowest BCUT2D eigenvalue weighted by molar-refractivity contribution is -0.0498. The summed E-state index contributed by atoms with van der Waals surface area (Å²) in [7, 11) is 0. The van der Waals surface area contributed by atoms with Gasteiger partial charge in [0.05, 0.1) is 10.8 Å². The summed E-state index contributed by atoms with van der Waals surface area (Å²) in [6.07, 6.45) is 0. The van der Waals surface area contributed by atoms with E-state index in [0.29, 0.717) is 11.3 Å². The fourth-order valence-electron chi connectivity index (χ4n) is 3.05. The number of hydrogen-bond donors (Lipinski definition) is 1. The van der Waals surface area contributed by atoms with Crippen molar-refractivity contribution in [2.75, 3.05) is 0 Å². The van der Waals surface area contributed by atoms with Crippen LogP contribution in [0.1, 0.15) is 16.4 Å². The molecule has 3 aromatic rings. The molecular formula is C19H12F2N2O2S. The van der Waals surface area contributed by atoms with Gasteiger partial charge >= 0.3 is 6.61 Å². The normalized spacial score (nSPS) is 16.3. The molecule has 1 aliphatic rings. The Morgan fingerprint density at radius 1 is 1.15 bits per heavy atom. The number of fused-ring (bicyclic) bond motifs is 3. The summed E-state index contributed by atoms with van der Waals surface area (Å²) in [5, 5.41) is 10.5. The molecular weight excluding hydrogens is 358 g/mol. The summed E-state index contributed by atoms with van der Waals surface area (Å²) in [5.74, 6) is 0.339. The fraction of sp³-hybridized carbons (Fsp3) is 0.105. The molecule has 1 aliphatic heterocycles. The maximum Gasteiger partial charge on any atom is 0.387 e. The summed E-state index contributed by atoms with van der Waals surface area (Å²) in [6, 6.07) is 16.1. The Morgan fingerprint density at radius 3 is 2.58 bits per heavy atom.